The summed E-state index contributed by atoms with van der Waals surface area (Å²) in [5, 5.41) is 11.1. The Morgan fingerprint density at radius 2 is 2.05 bits per heavy atom. The third kappa shape index (κ3) is 4.99. The highest BCUT2D eigenvalue weighted by Gasteiger charge is 2.14. The predicted octanol–water partition coefficient (Wildman–Crippen LogP) is 1.61. The first kappa shape index (κ1) is 15.0. The molecule has 1 unspecified atom stereocenters. The van der Waals surface area contributed by atoms with Crippen molar-refractivity contribution in [2.75, 3.05) is 6.61 Å². The minimum Gasteiger partial charge on any atom is -0.494 e. The fourth-order valence-electron chi connectivity index (χ4n) is 1.63. The highest BCUT2D eigenvalue weighted by molar-refractivity contribution is 5.83. The number of ether oxygens (including phenoxy) is 1. The van der Waals surface area contributed by atoms with Crippen LogP contribution in [0.1, 0.15) is 25.8 Å². The maximum Gasteiger partial charge on any atom is 0.325 e. The Morgan fingerprint density at radius 3 is 2.68 bits per heavy atom. The second-order valence-corrected chi connectivity index (χ2v) is 4.17. The van der Waals surface area contributed by atoms with Gasteiger partial charge in [0.05, 0.1) is 6.61 Å². The van der Waals surface area contributed by atoms with Crippen LogP contribution in [0.15, 0.2) is 24.3 Å². The van der Waals surface area contributed by atoms with Crippen LogP contribution in [0.25, 0.3) is 0 Å². The Labute approximate surface area is 112 Å². The number of rotatable bonds is 7. The Morgan fingerprint density at radius 1 is 1.37 bits per heavy atom. The van der Waals surface area contributed by atoms with E-state index in [2.05, 4.69) is 5.32 Å². The molecule has 0 heterocycles. The number of benzene rings is 1. The molecule has 0 saturated carbocycles. The van der Waals surface area contributed by atoms with Gasteiger partial charge in [-0.2, -0.15) is 0 Å². The normalized spacial score (nSPS) is 11.7. The molecule has 5 nitrogen and oxygen atoms in total. The molecule has 19 heavy (non-hydrogen) atoms. The number of aliphatic carboxylic acids is 1. The molecule has 1 aromatic rings. The first-order valence-corrected chi connectivity index (χ1v) is 6.27. The maximum absolute atomic E-state index is 11.6. The molecule has 0 aliphatic heterocycles. The average Bonchev–Trinajstić information content (AvgIpc) is 2.38. The number of carbonyl (C=O) groups is 2. The number of carboxylic acid groups (broad SMARTS) is 1. The summed E-state index contributed by atoms with van der Waals surface area (Å²) in [5.74, 6) is -0.548. The van der Waals surface area contributed by atoms with Crippen molar-refractivity contribution in [3.05, 3.63) is 29.8 Å². The third-order valence-electron chi connectivity index (χ3n) is 2.64. The van der Waals surface area contributed by atoms with E-state index in [4.69, 9.17) is 9.84 Å². The number of aryl methyl sites for hydroxylation is 1. The van der Waals surface area contributed by atoms with E-state index in [0.29, 0.717) is 13.0 Å². The van der Waals surface area contributed by atoms with E-state index in [0.717, 1.165) is 11.3 Å². The van der Waals surface area contributed by atoms with Crippen LogP contribution >= 0.6 is 0 Å². The van der Waals surface area contributed by atoms with Gasteiger partial charge < -0.3 is 15.2 Å². The second-order valence-electron chi connectivity index (χ2n) is 4.17. The Balaban J connectivity index is 2.52. The van der Waals surface area contributed by atoms with Gasteiger partial charge in [0.15, 0.2) is 0 Å². The van der Waals surface area contributed by atoms with Gasteiger partial charge in [-0.3, -0.25) is 9.59 Å². The van der Waals surface area contributed by atoms with E-state index in [1.165, 1.54) is 6.92 Å². The summed E-state index contributed by atoms with van der Waals surface area (Å²) >= 11 is 0. The van der Waals surface area contributed by atoms with Gasteiger partial charge in [-0.05, 0) is 31.9 Å². The summed E-state index contributed by atoms with van der Waals surface area (Å²) in [7, 11) is 0. The van der Waals surface area contributed by atoms with Crippen molar-refractivity contribution in [1.82, 2.24) is 5.32 Å². The van der Waals surface area contributed by atoms with Crippen LogP contribution in [0.5, 0.6) is 5.75 Å². The standard InChI is InChI=1S/C14H19NO4/c1-3-19-12-7-5-4-6-11(12)8-9-13(16)15-10(2)14(17)18/h4-7,10H,3,8-9H2,1-2H3,(H,15,16)(H,17,18). The smallest absolute Gasteiger partial charge is 0.325 e. The van der Waals surface area contributed by atoms with Crippen LogP contribution in [0.4, 0.5) is 0 Å². The Kier molecular flexibility index (Phi) is 5.85. The Hall–Kier alpha value is -2.04. The lowest BCUT2D eigenvalue weighted by Crippen LogP contribution is -2.38. The van der Waals surface area contributed by atoms with E-state index in [1.807, 2.05) is 31.2 Å². The molecule has 1 atom stereocenters. The number of para-hydroxylation sites is 1. The molecule has 0 saturated heterocycles. The monoisotopic (exact) mass is 265 g/mol. The number of hydrogen-bond donors (Lipinski definition) is 2. The highest BCUT2D eigenvalue weighted by Crippen LogP contribution is 2.19. The molecule has 0 spiro atoms. The van der Waals surface area contributed by atoms with Gasteiger partial charge in [0.2, 0.25) is 5.91 Å². The predicted molar refractivity (Wildman–Crippen MR) is 71.2 cm³/mol. The molecular formula is C14H19NO4. The molecule has 0 bridgehead atoms. The molecule has 0 radical (unpaired) electrons. The molecule has 2 N–H and O–H groups in total. The van der Waals surface area contributed by atoms with Gasteiger partial charge in [-0.1, -0.05) is 18.2 Å². The summed E-state index contributed by atoms with van der Waals surface area (Å²) in [6, 6.07) is 6.65. The van der Waals surface area contributed by atoms with Crippen LogP contribution in [-0.4, -0.2) is 29.6 Å². The number of hydrogen-bond acceptors (Lipinski definition) is 3. The van der Waals surface area contributed by atoms with Crippen molar-refractivity contribution >= 4 is 11.9 Å². The van der Waals surface area contributed by atoms with Gasteiger partial charge in [-0.25, -0.2) is 0 Å². The fraction of sp³-hybridized carbons (Fsp3) is 0.429. The lowest BCUT2D eigenvalue weighted by Gasteiger charge is -2.11. The van der Waals surface area contributed by atoms with Crippen molar-refractivity contribution in [3.63, 3.8) is 0 Å². The van der Waals surface area contributed by atoms with Gasteiger partial charge in [0, 0.05) is 6.42 Å². The molecule has 1 aromatic carbocycles. The van der Waals surface area contributed by atoms with E-state index < -0.39 is 12.0 Å². The maximum atomic E-state index is 11.6. The topological polar surface area (TPSA) is 75.6 Å². The lowest BCUT2D eigenvalue weighted by atomic mass is 10.1. The van der Waals surface area contributed by atoms with Crippen LogP contribution in [0.3, 0.4) is 0 Å². The molecule has 1 amide bonds. The first-order valence-electron chi connectivity index (χ1n) is 6.27. The van der Waals surface area contributed by atoms with E-state index in [1.54, 1.807) is 0 Å². The van der Waals surface area contributed by atoms with E-state index in [-0.39, 0.29) is 12.3 Å². The van der Waals surface area contributed by atoms with E-state index >= 15 is 0 Å². The molecule has 0 aliphatic rings. The summed E-state index contributed by atoms with van der Waals surface area (Å²) in [5.41, 5.74) is 0.947. The average molecular weight is 265 g/mol. The minimum atomic E-state index is -1.04. The molecule has 0 aliphatic carbocycles. The van der Waals surface area contributed by atoms with Crippen LogP contribution < -0.4 is 10.1 Å². The summed E-state index contributed by atoms with van der Waals surface area (Å²) in [6.45, 7) is 3.91. The number of amides is 1. The molecule has 0 aromatic heterocycles. The van der Waals surface area contributed by atoms with Crippen LogP contribution in [-0.2, 0) is 16.0 Å². The summed E-state index contributed by atoms with van der Waals surface area (Å²) < 4.78 is 5.46. The zero-order chi connectivity index (χ0) is 14.3. The summed E-state index contributed by atoms with van der Waals surface area (Å²) in [4.78, 5) is 22.2. The number of carboxylic acids is 1. The quantitative estimate of drug-likeness (QED) is 0.785. The molecule has 1 rings (SSSR count). The fourth-order valence-corrected chi connectivity index (χ4v) is 1.63. The highest BCUT2D eigenvalue weighted by atomic mass is 16.5. The zero-order valence-corrected chi connectivity index (χ0v) is 11.2. The van der Waals surface area contributed by atoms with Gasteiger partial charge in [-0.15, -0.1) is 0 Å². The lowest BCUT2D eigenvalue weighted by molar-refractivity contribution is -0.141. The minimum absolute atomic E-state index is 0.238. The van der Waals surface area contributed by atoms with E-state index in [9.17, 15) is 9.59 Å². The molecule has 0 fully saturated rings. The van der Waals surface area contributed by atoms with Crippen molar-refractivity contribution in [2.45, 2.75) is 32.7 Å². The Bertz CT molecular complexity index is 445. The largest absolute Gasteiger partial charge is 0.494 e. The molecule has 5 heteroatoms. The van der Waals surface area contributed by atoms with Crippen LogP contribution in [0, 0.1) is 0 Å². The van der Waals surface area contributed by atoms with Gasteiger partial charge >= 0.3 is 5.97 Å². The van der Waals surface area contributed by atoms with Crippen molar-refractivity contribution in [1.29, 1.82) is 0 Å². The van der Waals surface area contributed by atoms with Crippen molar-refractivity contribution < 1.29 is 19.4 Å². The first-order chi connectivity index (χ1) is 9.04. The SMILES string of the molecule is CCOc1ccccc1CCC(=O)NC(C)C(=O)O. The van der Waals surface area contributed by atoms with Crippen molar-refractivity contribution in [3.8, 4) is 5.75 Å². The third-order valence-corrected chi connectivity index (χ3v) is 2.64. The number of nitrogens with one attached hydrogen (secondary N) is 1. The van der Waals surface area contributed by atoms with Crippen molar-refractivity contribution in [2.24, 2.45) is 0 Å². The molecular weight excluding hydrogens is 246 g/mol. The zero-order valence-electron chi connectivity index (χ0n) is 11.2. The molecule has 104 valence electrons. The van der Waals surface area contributed by atoms with Gasteiger partial charge in [0.25, 0.3) is 0 Å². The van der Waals surface area contributed by atoms with Crippen LogP contribution in [0.2, 0.25) is 0 Å². The second kappa shape index (κ2) is 7.41. The number of carbonyl (C=O) groups excluding carboxylic acids is 1. The van der Waals surface area contributed by atoms with Gasteiger partial charge in [0.1, 0.15) is 11.8 Å². The summed E-state index contributed by atoms with van der Waals surface area (Å²) in [6.07, 6.45) is 0.760.